The van der Waals surface area contributed by atoms with Crippen LogP contribution >= 0.6 is 15.9 Å². The second-order valence-corrected chi connectivity index (χ2v) is 6.61. The van der Waals surface area contributed by atoms with Gasteiger partial charge in [-0.05, 0) is 48.4 Å². The van der Waals surface area contributed by atoms with Crippen LogP contribution in [0, 0.1) is 0 Å². The molecule has 1 fully saturated rings. The topological polar surface area (TPSA) is 12.9 Å². The molecule has 2 unspecified atom stereocenters. The number of halogens is 1. The van der Waals surface area contributed by atoms with Crippen LogP contribution < -0.4 is 0 Å². The molecule has 1 aromatic heterocycles. The van der Waals surface area contributed by atoms with Gasteiger partial charge in [0.15, 0.2) is 0 Å². The van der Waals surface area contributed by atoms with Crippen LogP contribution in [0.4, 0.5) is 0 Å². The molecule has 2 heteroatoms. The van der Waals surface area contributed by atoms with Gasteiger partial charge >= 0.3 is 0 Å². The summed E-state index contributed by atoms with van der Waals surface area (Å²) in [4.78, 5) is 5.06. The lowest BCUT2D eigenvalue weighted by molar-refractivity contribution is 0.494. The van der Waals surface area contributed by atoms with Gasteiger partial charge in [-0.25, -0.2) is 0 Å². The highest BCUT2D eigenvalue weighted by molar-refractivity contribution is 9.09. The molecule has 0 N–H and O–H groups in total. The molecule has 1 aromatic carbocycles. The van der Waals surface area contributed by atoms with Gasteiger partial charge < -0.3 is 0 Å². The maximum atomic E-state index is 4.38. The Morgan fingerprint density at radius 1 is 1.35 bits per heavy atom. The highest BCUT2D eigenvalue weighted by atomic mass is 79.9. The van der Waals surface area contributed by atoms with E-state index in [4.69, 9.17) is 0 Å². The summed E-state index contributed by atoms with van der Waals surface area (Å²) in [7, 11) is 0. The Balaban J connectivity index is 2.06. The van der Waals surface area contributed by atoms with Crippen molar-refractivity contribution in [2.75, 3.05) is 0 Å². The first-order chi connectivity index (χ1) is 8.17. The molecule has 88 valence electrons. The Morgan fingerprint density at radius 2 is 2.24 bits per heavy atom. The quantitative estimate of drug-likeness (QED) is 0.707. The lowest BCUT2D eigenvalue weighted by Gasteiger charge is -2.24. The Hall–Kier alpha value is -0.890. The maximum Gasteiger partial charge on any atom is 0.0702 e. The van der Waals surface area contributed by atoms with Crippen LogP contribution in [0.2, 0.25) is 0 Å². The second kappa shape index (κ2) is 4.09. The number of aromatic nitrogens is 1. The summed E-state index contributed by atoms with van der Waals surface area (Å²) in [6.45, 7) is 2.38. The first kappa shape index (κ1) is 11.2. The van der Waals surface area contributed by atoms with Gasteiger partial charge in [-0.1, -0.05) is 35.0 Å². The van der Waals surface area contributed by atoms with E-state index in [2.05, 4.69) is 52.1 Å². The largest absolute Gasteiger partial charge is 0.256 e. The Bertz CT molecular complexity index is 551. The summed E-state index contributed by atoms with van der Waals surface area (Å²) in [6, 6.07) is 10.9. The third kappa shape index (κ3) is 1.99. The number of fused-ring (bicyclic) bond motifs is 1. The summed E-state index contributed by atoms with van der Waals surface area (Å²) in [6.07, 6.45) is 5.64. The lowest BCUT2D eigenvalue weighted by Crippen LogP contribution is -2.17. The summed E-state index contributed by atoms with van der Waals surface area (Å²) in [5.74, 6) is 0. The molecule has 0 spiro atoms. The fourth-order valence-electron chi connectivity index (χ4n) is 2.88. The summed E-state index contributed by atoms with van der Waals surface area (Å²) < 4.78 is 0. The lowest BCUT2D eigenvalue weighted by atomic mass is 9.80. The molecule has 17 heavy (non-hydrogen) atoms. The number of nitrogens with zero attached hydrogens (tertiary/aromatic N) is 1. The van der Waals surface area contributed by atoms with Crippen LogP contribution in [0.1, 0.15) is 31.7 Å². The van der Waals surface area contributed by atoms with Gasteiger partial charge in [0.1, 0.15) is 0 Å². The maximum absolute atomic E-state index is 4.38. The summed E-state index contributed by atoms with van der Waals surface area (Å²) in [5, 5.41) is 1.25. The van der Waals surface area contributed by atoms with Gasteiger partial charge in [0.25, 0.3) is 0 Å². The third-order valence-electron chi connectivity index (χ3n) is 3.98. The molecule has 1 aliphatic carbocycles. The van der Waals surface area contributed by atoms with Crippen molar-refractivity contribution in [3.8, 4) is 0 Å². The standard InChI is InChI=1S/C15H16BrN/c1-15(7-6-13(16)10-15)12-4-5-14-11(9-12)3-2-8-17-14/h2-5,8-9,13H,6-7,10H2,1H3. The van der Waals surface area contributed by atoms with Crippen LogP contribution in [0.3, 0.4) is 0 Å². The van der Waals surface area contributed by atoms with E-state index < -0.39 is 0 Å². The number of alkyl halides is 1. The highest BCUT2D eigenvalue weighted by Crippen LogP contribution is 2.43. The van der Waals surface area contributed by atoms with Crippen LogP contribution in [0.25, 0.3) is 10.9 Å². The van der Waals surface area contributed by atoms with Crippen molar-refractivity contribution in [1.82, 2.24) is 4.98 Å². The molecule has 2 atom stereocenters. The molecule has 1 saturated carbocycles. The van der Waals surface area contributed by atoms with Crippen LogP contribution in [-0.2, 0) is 5.41 Å². The second-order valence-electron chi connectivity index (χ2n) is 5.31. The molecule has 1 nitrogen and oxygen atoms in total. The highest BCUT2D eigenvalue weighted by Gasteiger charge is 2.35. The molecule has 1 aliphatic rings. The average Bonchev–Trinajstić information content (AvgIpc) is 2.70. The summed E-state index contributed by atoms with van der Waals surface area (Å²) >= 11 is 3.75. The Labute approximate surface area is 110 Å². The molecule has 2 aromatic rings. The molecule has 0 amide bonds. The third-order valence-corrected chi connectivity index (χ3v) is 4.76. The zero-order chi connectivity index (χ0) is 11.9. The van der Waals surface area contributed by atoms with Gasteiger partial charge in [0.05, 0.1) is 5.52 Å². The fraction of sp³-hybridized carbons (Fsp3) is 0.400. The smallest absolute Gasteiger partial charge is 0.0702 e. The van der Waals surface area contributed by atoms with Crippen molar-refractivity contribution < 1.29 is 0 Å². The molecular formula is C15H16BrN. The van der Waals surface area contributed by atoms with Crippen molar-refractivity contribution in [3.63, 3.8) is 0 Å². The average molecular weight is 290 g/mol. The zero-order valence-corrected chi connectivity index (χ0v) is 11.6. The Kier molecular flexibility index (Phi) is 2.70. The molecule has 1 heterocycles. The predicted octanol–water partition coefficient (Wildman–Crippen LogP) is 4.44. The minimum absolute atomic E-state index is 0.332. The molecule has 0 radical (unpaired) electrons. The number of rotatable bonds is 1. The van der Waals surface area contributed by atoms with Crippen LogP contribution in [0.15, 0.2) is 36.5 Å². The number of pyridine rings is 1. The zero-order valence-electron chi connectivity index (χ0n) is 9.99. The van der Waals surface area contributed by atoms with E-state index in [0.717, 1.165) is 5.52 Å². The fourth-order valence-corrected chi connectivity index (χ4v) is 3.82. The minimum atomic E-state index is 0.332. The van der Waals surface area contributed by atoms with Gasteiger partial charge in [-0.3, -0.25) is 4.98 Å². The van der Waals surface area contributed by atoms with E-state index in [9.17, 15) is 0 Å². The van der Waals surface area contributed by atoms with Gasteiger partial charge in [0, 0.05) is 16.4 Å². The first-order valence-electron chi connectivity index (χ1n) is 6.17. The summed E-state index contributed by atoms with van der Waals surface area (Å²) in [5.41, 5.74) is 2.88. The molecule has 3 rings (SSSR count). The van der Waals surface area contributed by atoms with E-state index >= 15 is 0 Å². The number of hydrogen-bond acceptors (Lipinski definition) is 1. The Morgan fingerprint density at radius 3 is 3.00 bits per heavy atom. The monoisotopic (exact) mass is 289 g/mol. The van der Waals surface area contributed by atoms with E-state index in [1.807, 2.05) is 12.3 Å². The van der Waals surface area contributed by atoms with Crippen molar-refractivity contribution in [2.45, 2.75) is 36.4 Å². The molecule has 0 saturated heterocycles. The van der Waals surface area contributed by atoms with E-state index in [0.29, 0.717) is 10.2 Å². The van der Waals surface area contributed by atoms with Crippen LogP contribution in [0.5, 0.6) is 0 Å². The first-order valence-corrected chi connectivity index (χ1v) is 7.08. The normalized spacial score (nSPS) is 28.7. The van der Waals surface area contributed by atoms with Gasteiger partial charge in [-0.15, -0.1) is 0 Å². The van der Waals surface area contributed by atoms with E-state index in [1.54, 1.807) is 0 Å². The van der Waals surface area contributed by atoms with Gasteiger partial charge in [-0.2, -0.15) is 0 Å². The number of benzene rings is 1. The van der Waals surface area contributed by atoms with Gasteiger partial charge in [0.2, 0.25) is 0 Å². The van der Waals surface area contributed by atoms with Crippen LogP contribution in [-0.4, -0.2) is 9.81 Å². The van der Waals surface area contributed by atoms with Crippen molar-refractivity contribution in [2.24, 2.45) is 0 Å². The number of hydrogen-bond donors (Lipinski definition) is 0. The van der Waals surface area contributed by atoms with E-state index in [-0.39, 0.29) is 0 Å². The van der Waals surface area contributed by atoms with Crippen molar-refractivity contribution in [1.29, 1.82) is 0 Å². The molecule has 0 bridgehead atoms. The SMILES string of the molecule is CC1(c2ccc3ncccc3c2)CCC(Br)C1. The van der Waals surface area contributed by atoms with Crippen molar-refractivity contribution in [3.05, 3.63) is 42.1 Å². The van der Waals surface area contributed by atoms with Crippen molar-refractivity contribution >= 4 is 26.8 Å². The minimum Gasteiger partial charge on any atom is -0.256 e. The molecular weight excluding hydrogens is 274 g/mol. The van der Waals surface area contributed by atoms with E-state index in [1.165, 1.54) is 30.2 Å². The molecule has 0 aliphatic heterocycles. The predicted molar refractivity (Wildman–Crippen MR) is 75.7 cm³/mol.